The summed E-state index contributed by atoms with van der Waals surface area (Å²) in [5.74, 6) is 0. The van der Waals surface area contributed by atoms with Gasteiger partial charge in [0.2, 0.25) is 0 Å². The second-order valence-corrected chi connectivity index (χ2v) is 5.51. The number of hydrogen-bond donors (Lipinski definition) is 0. The van der Waals surface area contributed by atoms with Crippen molar-refractivity contribution < 1.29 is 18.8 Å². The maximum absolute atomic E-state index is 8.25. The second-order valence-electron chi connectivity index (χ2n) is 5.51. The van der Waals surface area contributed by atoms with Gasteiger partial charge in [0.15, 0.2) is 0 Å². The number of nitrogens with zero attached hydrogens (tertiary/aromatic N) is 1. The monoisotopic (exact) mass is 263 g/mol. The molecule has 0 saturated carbocycles. The highest BCUT2D eigenvalue weighted by Crippen LogP contribution is 2.17. The minimum atomic E-state index is -0.500. The van der Waals surface area contributed by atoms with Crippen molar-refractivity contribution in [1.29, 1.82) is 0 Å². The van der Waals surface area contributed by atoms with Gasteiger partial charge in [-0.25, -0.2) is 0 Å². The van der Waals surface area contributed by atoms with Gasteiger partial charge in [0.1, 0.15) is 5.58 Å². The van der Waals surface area contributed by atoms with E-state index in [1.165, 1.54) is 23.9 Å². The van der Waals surface area contributed by atoms with Gasteiger partial charge in [-0.3, -0.25) is 0 Å². The lowest BCUT2D eigenvalue weighted by atomic mass is 10.1. The molecule has 0 aliphatic rings. The second kappa shape index (κ2) is 6.95. The van der Waals surface area contributed by atoms with E-state index in [-0.39, 0.29) is 0 Å². The number of hydrogen-bond acceptors (Lipinski definition) is 3. The normalized spacial score (nSPS) is 10.9. The number of carbonyl (C=O) groups excluding carboxylic acids is 1. The summed E-state index contributed by atoms with van der Waals surface area (Å²) in [5, 5.41) is 9.44. The van der Waals surface area contributed by atoms with Gasteiger partial charge in [-0.2, -0.15) is 0 Å². The predicted molar refractivity (Wildman–Crippen MR) is 73.5 cm³/mol. The number of carbonyl (C=O) groups is 1. The number of rotatable bonds is 4. The highest BCUT2D eigenvalue weighted by atomic mass is 16.3. The Bertz CT molecular complexity index is 511. The van der Waals surface area contributed by atoms with Gasteiger partial charge in [-0.15, -0.1) is 0 Å². The van der Waals surface area contributed by atoms with Crippen molar-refractivity contribution in [3.8, 4) is 0 Å². The Hall–Kier alpha value is -1.81. The van der Waals surface area contributed by atoms with Gasteiger partial charge in [-0.1, -0.05) is 12.1 Å². The summed E-state index contributed by atoms with van der Waals surface area (Å²) in [6.45, 7) is 0.705. The van der Waals surface area contributed by atoms with Crippen molar-refractivity contribution in [2.45, 2.75) is 12.8 Å². The van der Waals surface area contributed by atoms with Crippen molar-refractivity contribution in [3.63, 3.8) is 0 Å². The third kappa shape index (κ3) is 5.57. The first-order valence-corrected chi connectivity index (χ1v) is 6.28. The van der Waals surface area contributed by atoms with E-state index < -0.39 is 6.47 Å². The Morgan fingerprint density at radius 3 is 2.58 bits per heavy atom. The highest BCUT2D eigenvalue weighted by Gasteiger charge is 2.06. The molecule has 4 nitrogen and oxygen atoms in total. The SMILES string of the molecule is C[N+](C)(C)CCCc1ccc2ccoc2c1.O=C[O-]. The Morgan fingerprint density at radius 1 is 1.26 bits per heavy atom. The van der Waals surface area contributed by atoms with Crippen LogP contribution in [0.25, 0.3) is 11.0 Å². The molecule has 0 amide bonds. The molecule has 1 heterocycles. The molecule has 0 bridgehead atoms. The van der Waals surface area contributed by atoms with E-state index in [9.17, 15) is 0 Å². The molecule has 1 aromatic carbocycles. The number of furan rings is 1. The van der Waals surface area contributed by atoms with Gasteiger partial charge < -0.3 is 18.8 Å². The standard InChI is InChI=1S/C14H20NO.CH2O2/c1-15(2,3)9-4-5-12-6-7-13-8-10-16-14(13)11-12;2-1-3/h6-8,10-11H,4-5,9H2,1-3H3;1H,(H,2,3)/q+1;/p-1. The van der Waals surface area contributed by atoms with E-state index in [0.29, 0.717) is 0 Å². The van der Waals surface area contributed by atoms with Crippen molar-refractivity contribution in [1.82, 2.24) is 0 Å². The van der Waals surface area contributed by atoms with E-state index >= 15 is 0 Å². The van der Waals surface area contributed by atoms with E-state index in [1.54, 1.807) is 6.26 Å². The fourth-order valence-corrected chi connectivity index (χ4v) is 1.91. The van der Waals surface area contributed by atoms with Crippen LogP contribution in [0, 0.1) is 0 Å². The molecule has 0 aliphatic heterocycles. The Morgan fingerprint density at radius 2 is 1.95 bits per heavy atom. The van der Waals surface area contributed by atoms with Crippen LogP contribution >= 0.6 is 0 Å². The Balaban J connectivity index is 0.000000550. The molecule has 104 valence electrons. The molecular weight excluding hydrogens is 242 g/mol. The molecule has 1 aromatic heterocycles. The van der Waals surface area contributed by atoms with Crippen molar-refractivity contribution in [3.05, 3.63) is 36.1 Å². The summed E-state index contributed by atoms with van der Waals surface area (Å²) >= 11 is 0. The molecule has 0 spiro atoms. The van der Waals surface area contributed by atoms with Crippen molar-refractivity contribution in [2.24, 2.45) is 0 Å². The Labute approximate surface area is 113 Å². The minimum absolute atomic E-state index is 0.500. The largest absolute Gasteiger partial charge is 0.554 e. The summed E-state index contributed by atoms with van der Waals surface area (Å²) in [7, 11) is 6.70. The van der Waals surface area contributed by atoms with Crippen LogP contribution in [-0.2, 0) is 11.2 Å². The zero-order valence-corrected chi connectivity index (χ0v) is 11.8. The van der Waals surface area contributed by atoms with E-state index in [1.807, 2.05) is 6.07 Å². The molecule has 0 atom stereocenters. The van der Waals surface area contributed by atoms with Crippen molar-refractivity contribution in [2.75, 3.05) is 27.7 Å². The predicted octanol–water partition coefficient (Wildman–Crippen LogP) is 1.44. The van der Waals surface area contributed by atoms with Gasteiger partial charge in [0.05, 0.1) is 34.0 Å². The molecule has 0 N–H and O–H groups in total. The molecule has 4 heteroatoms. The number of carboxylic acid groups (broad SMARTS) is 1. The molecule has 0 fully saturated rings. The number of quaternary nitrogens is 1. The first-order chi connectivity index (χ1) is 8.96. The van der Waals surface area contributed by atoms with Gasteiger partial charge in [0.25, 0.3) is 0 Å². The molecule has 0 saturated heterocycles. The lowest BCUT2D eigenvalue weighted by Crippen LogP contribution is -2.35. The van der Waals surface area contributed by atoms with Crippen LogP contribution in [0.5, 0.6) is 0 Å². The third-order valence-corrected chi connectivity index (χ3v) is 2.81. The zero-order chi connectivity index (χ0) is 14.3. The number of fused-ring (bicyclic) bond motifs is 1. The molecule has 2 rings (SSSR count). The molecule has 19 heavy (non-hydrogen) atoms. The summed E-state index contributed by atoms with van der Waals surface area (Å²) in [5.41, 5.74) is 2.37. The first kappa shape index (κ1) is 15.2. The van der Waals surface area contributed by atoms with Gasteiger partial charge >= 0.3 is 0 Å². The maximum atomic E-state index is 8.25. The molecule has 0 unspecified atom stereocenters. The average molecular weight is 263 g/mol. The van der Waals surface area contributed by atoms with E-state index in [2.05, 4.69) is 39.3 Å². The van der Waals surface area contributed by atoms with Crippen LogP contribution in [0.3, 0.4) is 0 Å². The van der Waals surface area contributed by atoms with Crippen LogP contribution < -0.4 is 5.11 Å². The lowest BCUT2D eigenvalue weighted by molar-refractivity contribution is -0.870. The van der Waals surface area contributed by atoms with Crippen LogP contribution in [0.1, 0.15) is 12.0 Å². The summed E-state index contributed by atoms with van der Waals surface area (Å²) in [4.78, 5) is 8.25. The fourth-order valence-electron chi connectivity index (χ4n) is 1.91. The quantitative estimate of drug-likeness (QED) is 0.619. The topological polar surface area (TPSA) is 53.3 Å². The van der Waals surface area contributed by atoms with E-state index in [0.717, 1.165) is 16.5 Å². The van der Waals surface area contributed by atoms with E-state index in [4.69, 9.17) is 14.3 Å². The van der Waals surface area contributed by atoms with Crippen LogP contribution in [0.4, 0.5) is 0 Å². The molecule has 0 aliphatic carbocycles. The zero-order valence-electron chi connectivity index (χ0n) is 11.8. The van der Waals surface area contributed by atoms with Crippen LogP contribution in [0.2, 0.25) is 0 Å². The smallest absolute Gasteiger partial charge is 0.134 e. The van der Waals surface area contributed by atoms with Crippen LogP contribution in [0.15, 0.2) is 34.9 Å². The molecule has 2 aromatic rings. The summed E-state index contributed by atoms with van der Waals surface area (Å²) in [6.07, 6.45) is 4.10. The summed E-state index contributed by atoms with van der Waals surface area (Å²) < 4.78 is 6.43. The van der Waals surface area contributed by atoms with Crippen LogP contribution in [-0.4, -0.2) is 38.6 Å². The maximum Gasteiger partial charge on any atom is 0.134 e. The summed E-state index contributed by atoms with van der Waals surface area (Å²) in [6, 6.07) is 8.50. The fraction of sp³-hybridized carbons (Fsp3) is 0.400. The average Bonchev–Trinajstić information content (AvgIpc) is 2.75. The first-order valence-electron chi connectivity index (χ1n) is 6.28. The van der Waals surface area contributed by atoms with Gasteiger partial charge in [0, 0.05) is 18.3 Å². The third-order valence-electron chi connectivity index (χ3n) is 2.81. The van der Waals surface area contributed by atoms with Gasteiger partial charge in [-0.05, 0) is 24.1 Å². The minimum Gasteiger partial charge on any atom is -0.554 e. The van der Waals surface area contributed by atoms with Crippen molar-refractivity contribution >= 4 is 17.4 Å². The number of aryl methyl sites for hydroxylation is 1. The number of benzene rings is 1. The highest BCUT2D eigenvalue weighted by molar-refractivity contribution is 5.77. The lowest BCUT2D eigenvalue weighted by Gasteiger charge is -2.23. The molecular formula is C15H21NO3. The molecule has 0 radical (unpaired) electrons. The Kier molecular flexibility index (Phi) is 5.57.